The van der Waals surface area contributed by atoms with Crippen LogP contribution in [0.2, 0.25) is 0 Å². The van der Waals surface area contributed by atoms with Gasteiger partial charge in [0.2, 0.25) is 0 Å². The molecule has 1 N–H and O–H groups in total. The Morgan fingerprint density at radius 2 is 1.56 bits per heavy atom. The van der Waals surface area contributed by atoms with Gasteiger partial charge in [0.25, 0.3) is 0 Å². The summed E-state index contributed by atoms with van der Waals surface area (Å²) in [6.07, 6.45) is 5.51. The Hall–Kier alpha value is -4.49. The van der Waals surface area contributed by atoms with Crippen LogP contribution in [0.15, 0.2) is 104 Å². The molecule has 4 heterocycles. The highest BCUT2D eigenvalue weighted by Gasteiger charge is 2.42. The van der Waals surface area contributed by atoms with Crippen LogP contribution in [-0.2, 0) is 0 Å². The van der Waals surface area contributed by atoms with Gasteiger partial charge in [-0.3, -0.25) is 9.97 Å². The normalized spacial score (nSPS) is 16.8. The maximum atomic E-state index is 6.08. The van der Waals surface area contributed by atoms with Gasteiger partial charge in [0.1, 0.15) is 11.5 Å². The van der Waals surface area contributed by atoms with Gasteiger partial charge in [-0.05, 0) is 105 Å². The predicted octanol–water partition coefficient (Wildman–Crippen LogP) is 7.16. The fourth-order valence-corrected chi connectivity index (χ4v) is 5.68. The summed E-state index contributed by atoms with van der Waals surface area (Å²) < 4.78 is 8.33. The summed E-state index contributed by atoms with van der Waals surface area (Å²) in [7, 11) is 0. The first-order valence-electron chi connectivity index (χ1n) is 12.9. The minimum Gasteiger partial charge on any atom is -0.457 e. The third-order valence-electron chi connectivity index (χ3n) is 7.16. The second kappa shape index (κ2) is 10.3. The molecule has 0 bridgehead atoms. The van der Waals surface area contributed by atoms with Crippen molar-refractivity contribution in [1.29, 1.82) is 0 Å². The largest absolute Gasteiger partial charge is 0.457 e. The van der Waals surface area contributed by atoms with E-state index >= 15 is 0 Å². The highest BCUT2D eigenvalue weighted by Crippen LogP contribution is 2.44. The summed E-state index contributed by atoms with van der Waals surface area (Å²) in [5.74, 6) is 1.58. The molecule has 0 radical (unpaired) electrons. The summed E-state index contributed by atoms with van der Waals surface area (Å²) >= 11 is 5.94. The fraction of sp³-hybridized carbons (Fsp3) is 0.156. The molecule has 1 aliphatic rings. The van der Waals surface area contributed by atoms with Crippen molar-refractivity contribution >= 4 is 23.0 Å². The van der Waals surface area contributed by atoms with Crippen LogP contribution < -0.4 is 15.0 Å². The van der Waals surface area contributed by atoms with Crippen LogP contribution in [0.25, 0.3) is 5.69 Å². The van der Waals surface area contributed by atoms with Crippen molar-refractivity contribution in [2.75, 3.05) is 4.90 Å². The fourth-order valence-electron chi connectivity index (χ4n) is 5.34. The number of thiocarbonyl (C=S) groups is 1. The van der Waals surface area contributed by atoms with E-state index in [0.717, 1.165) is 40.0 Å². The van der Waals surface area contributed by atoms with Gasteiger partial charge in [-0.25, -0.2) is 0 Å². The lowest BCUT2D eigenvalue weighted by atomic mass is 9.96. The van der Waals surface area contributed by atoms with Gasteiger partial charge >= 0.3 is 0 Å². The first kappa shape index (κ1) is 24.8. The minimum atomic E-state index is -0.120. The molecule has 5 aromatic rings. The third-order valence-corrected chi connectivity index (χ3v) is 7.48. The number of pyridine rings is 2. The van der Waals surface area contributed by atoms with Gasteiger partial charge in [-0.15, -0.1) is 0 Å². The van der Waals surface area contributed by atoms with Crippen LogP contribution in [0.4, 0.5) is 5.69 Å². The molecule has 3 aromatic heterocycles. The highest BCUT2D eigenvalue weighted by molar-refractivity contribution is 7.80. The van der Waals surface area contributed by atoms with Crippen LogP contribution in [0, 0.1) is 20.8 Å². The van der Waals surface area contributed by atoms with Crippen molar-refractivity contribution in [3.05, 3.63) is 132 Å². The molecule has 0 aliphatic carbocycles. The van der Waals surface area contributed by atoms with E-state index in [2.05, 4.69) is 70.9 Å². The standard InChI is InChI=1S/C32H29N5OS/c1-21-9-13-26(14-10-21)38-27-15-11-24(12-16-27)37-31(30(35-32(37)39)29-8-4-5-18-34-29)28-19-22(2)36(23(28)3)25-7-6-17-33-20-25/h4-20,30-31H,1-3H3,(H,35,39). The van der Waals surface area contributed by atoms with Gasteiger partial charge in [-0.1, -0.05) is 23.8 Å². The van der Waals surface area contributed by atoms with Crippen molar-refractivity contribution < 1.29 is 4.74 Å². The molecule has 194 valence electrons. The summed E-state index contributed by atoms with van der Waals surface area (Å²) in [6, 6.07) is 28.2. The molecular weight excluding hydrogens is 502 g/mol. The van der Waals surface area contributed by atoms with Gasteiger partial charge in [0, 0.05) is 29.5 Å². The maximum Gasteiger partial charge on any atom is 0.174 e. The SMILES string of the molecule is Cc1ccc(Oc2ccc(N3C(=S)NC(c4ccccn4)C3c3cc(C)n(-c4cccnc4)c3C)cc2)cc1. The number of nitrogens with one attached hydrogen (secondary N) is 1. The van der Waals surface area contributed by atoms with E-state index in [4.69, 9.17) is 21.9 Å². The van der Waals surface area contributed by atoms with Crippen molar-refractivity contribution in [2.24, 2.45) is 0 Å². The molecule has 0 amide bonds. The number of aromatic nitrogens is 3. The summed E-state index contributed by atoms with van der Waals surface area (Å²) in [4.78, 5) is 11.2. The Labute approximate surface area is 233 Å². The molecule has 39 heavy (non-hydrogen) atoms. The molecule has 7 heteroatoms. The Kier molecular flexibility index (Phi) is 6.59. The number of hydrogen-bond acceptors (Lipinski definition) is 4. The topological polar surface area (TPSA) is 55.2 Å². The van der Waals surface area contributed by atoms with Crippen molar-refractivity contribution in [2.45, 2.75) is 32.9 Å². The Balaban J connectivity index is 1.40. The van der Waals surface area contributed by atoms with E-state index in [-0.39, 0.29) is 12.1 Å². The van der Waals surface area contributed by atoms with Gasteiger partial charge in [-0.2, -0.15) is 0 Å². The lowest BCUT2D eigenvalue weighted by Crippen LogP contribution is -2.29. The second-order valence-electron chi connectivity index (χ2n) is 9.78. The van der Waals surface area contributed by atoms with Crippen molar-refractivity contribution in [1.82, 2.24) is 19.9 Å². The molecule has 1 aliphatic heterocycles. The number of hydrogen-bond donors (Lipinski definition) is 1. The molecular formula is C32H29N5OS. The van der Waals surface area contributed by atoms with Crippen LogP contribution in [0.1, 0.15) is 40.3 Å². The maximum absolute atomic E-state index is 6.08. The Morgan fingerprint density at radius 3 is 2.23 bits per heavy atom. The molecule has 1 fully saturated rings. The Morgan fingerprint density at radius 1 is 0.821 bits per heavy atom. The second-order valence-corrected chi connectivity index (χ2v) is 10.2. The zero-order valence-corrected chi connectivity index (χ0v) is 22.9. The number of ether oxygens (including phenoxy) is 1. The van der Waals surface area contributed by atoms with Crippen LogP contribution >= 0.6 is 12.2 Å². The first-order valence-corrected chi connectivity index (χ1v) is 13.3. The number of benzene rings is 2. The average Bonchev–Trinajstić information content (AvgIpc) is 3.46. The zero-order valence-electron chi connectivity index (χ0n) is 22.1. The average molecular weight is 532 g/mol. The van der Waals surface area contributed by atoms with E-state index in [1.165, 1.54) is 11.1 Å². The summed E-state index contributed by atoms with van der Waals surface area (Å²) in [5.41, 5.74) is 7.61. The van der Waals surface area contributed by atoms with Crippen molar-refractivity contribution in [3.63, 3.8) is 0 Å². The van der Waals surface area contributed by atoms with Gasteiger partial charge < -0.3 is 19.5 Å². The first-order chi connectivity index (χ1) is 19.0. The minimum absolute atomic E-state index is 0.104. The van der Waals surface area contributed by atoms with Gasteiger partial charge in [0.15, 0.2) is 5.11 Å². The quantitative estimate of drug-likeness (QED) is 0.235. The lowest BCUT2D eigenvalue weighted by Gasteiger charge is -2.28. The smallest absolute Gasteiger partial charge is 0.174 e. The van der Waals surface area contributed by atoms with E-state index in [9.17, 15) is 0 Å². The summed E-state index contributed by atoms with van der Waals surface area (Å²) in [6.45, 7) is 6.35. The number of aryl methyl sites for hydroxylation is 2. The van der Waals surface area contributed by atoms with Crippen LogP contribution in [0.5, 0.6) is 11.5 Å². The summed E-state index contributed by atoms with van der Waals surface area (Å²) in [5, 5.41) is 4.23. The number of anilines is 1. The molecule has 6 rings (SSSR count). The van der Waals surface area contributed by atoms with E-state index in [1.54, 1.807) is 6.20 Å². The number of rotatable bonds is 6. The number of nitrogens with zero attached hydrogens (tertiary/aromatic N) is 4. The monoisotopic (exact) mass is 531 g/mol. The van der Waals surface area contributed by atoms with Crippen LogP contribution in [0.3, 0.4) is 0 Å². The zero-order chi connectivity index (χ0) is 26.9. The molecule has 2 aromatic carbocycles. The Bertz CT molecular complexity index is 1600. The molecule has 6 nitrogen and oxygen atoms in total. The highest BCUT2D eigenvalue weighted by atomic mass is 32.1. The van der Waals surface area contributed by atoms with E-state index in [0.29, 0.717) is 5.11 Å². The molecule has 1 saturated heterocycles. The predicted molar refractivity (Wildman–Crippen MR) is 159 cm³/mol. The van der Waals surface area contributed by atoms with Crippen molar-refractivity contribution in [3.8, 4) is 17.2 Å². The molecule has 2 unspecified atom stereocenters. The molecule has 2 atom stereocenters. The molecule has 0 spiro atoms. The van der Waals surface area contributed by atoms with Crippen LogP contribution in [-0.4, -0.2) is 19.6 Å². The third kappa shape index (κ3) is 4.77. The van der Waals surface area contributed by atoms with E-state index in [1.807, 2.05) is 67.0 Å². The van der Waals surface area contributed by atoms with E-state index < -0.39 is 0 Å². The lowest BCUT2D eigenvalue weighted by molar-refractivity contribution is 0.482. The van der Waals surface area contributed by atoms with Gasteiger partial charge in [0.05, 0.1) is 29.7 Å². The molecule has 0 saturated carbocycles.